The molecule has 0 saturated heterocycles. The predicted molar refractivity (Wildman–Crippen MR) is 74.6 cm³/mol. The number of carboxylic acid groups (broad SMARTS) is 1. The highest BCUT2D eigenvalue weighted by Crippen LogP contribution is 2.30. The Hall–Kier alpha value is -2.05. The molecule has 0 atom stereocenters. The molecule has 8 heteroatoms. The lowest BCUT2D eigenvalue weighted by atomic mass is 10.2. The first-order valence-corrected chi connectivity index (χ1v) is 6.18. The maximum atomic E-state index is 12.1. The molecule has 6 nitrogen and oxygen atoms in total. The Morgan fingerprint density at radius 2 is 1.90 bits per heavy atom. The van der Waals surface area contributed by atoms with Crippen molar-refractivity contribution < 1.29 is 14.7 Å². The summed E-state index contributed by atoms with van der Waals surface area (Å²) in [7, 11) is 1.43. The highest BCUT2D eigenvalue weighted by atomic mass is 35.5. The van der Waals surface area contributed by atoms with Crippen molar-refractivity contribution in [3.05, 3.63) is 45.7 Å². The van der Waals surface area contributed by atoms with Crippen LogP contribution in [-0.4, -0.2) is 26.8 Å². The Morgan fingerprint density at radius 3 is 2.45 bits per heavy atom. The van der Waals surface area contributed by atoms with Gasteiger partial charge in [0.25, 0.3) is 5.91 Å². The van der Waals surface area contributed by atoms with E-state index in [-0.39, 0.29) is 27.0 Å². The normalized spacial score (nSPS) is 10.3. The van der Waals surface area contributed by atoms with Gasteiger partial charge in [0, 0.05) is 7.05 Å². The fourth-order valence-corrected chi connectivity index (χ4v) is 2.15. The molecule has 0 aliphatic carbocycles. The fraction of sp³-hybridized carbons (Fsp3) is 0.0833. The summed E-state index contributed by atoms with van der Waals surface area (Å²) in [4.78, 5) is 23.2. The molecule has 1 heterocycles. The number of halogens is 2. The molecule has 1 aromatic heterocycles. The summed E-state index contributed by atoms with van der Waals surface area (Å²) in [5, 5.41) is 15.8. The minimum absolute atomic E-state index is 0.0732. The first-order valence-electron chi connectivity index (χ1n) is 5.42. The van der Waals surface area contributed by atoms with E-state index in [1.165, 1.54) is 13.2 Å². The largest absolute Gasteiger partial charge is 0.477 e. The molecule has 0 aliphatic heterocycles. The zero-order valence-corrected chi connectivity index (χ0v) is 11.7. The molecule has 2 aromatic rings. The zero-order chi connectivity index (χ0) is 14.9. The summed E-state index contributed by atoms with van der Waals surface area (Å²) in [6, 6.07) is 4.75. The number of benzene rings is 1. The first-order chi connectivity index (χ1) is 9.41. The van der Waals surface area contributed by atoms with E-state index >= 15 is 0 Å². The van der Waals surface area contributed by atoms with Gasteiger partial charge in [-0.15, -0.1) is 0 Å². The van der Waals surface area contributed by atoms with E-state index in [1.54, 1.807) is 18.2 Å². The van der Waals surface area contributed by atoms with Crippen molar-refractivity contribution in [1.82, 2.24) is 9.78 Å². The number of nitrogens with zero attached hydrogens (tertiary/aromatic N) is 2. The van der Waals surface area contributed by atoms with Crippen LogP contribution >= 0.6 is 23.2 Å². The SMILES string of the molecule is Cn1ncc(C(=O)Nc2c(Cl)cccc2Cl)c1C(=O)O. The molecule has 0 unspecified atom stereocenters. The van der Waals surface area contributed by atoms with Gasteiger partial charge in [0.2, 0.25) is 0 Å². The molecule has 0 radical (unpaired) electrons. The topological polar surface area (TPSA) is 84.2 Å². The third-order valence-electron chi connectivity index (χ3n) is 2.59. The van der Waals surface area contributed by atoms with Crippen LogP contribution in [0.1, 0.15) is 20.8 Å². The van der Waals surface area contributed by atoms with E-state index in [0.717, 1.165) is 4.68 Å². The summed E-state index contributed by atoms with van der Waals surface area (Å²) in [6.45, 7) is 0. The minimum atomic E-state index is -1.25. The average molecular weight is 314 g/mol. The van der Waals surface area contributed by atoms with E-state index < -0.39 is 11.9 Å². The monoisotopic (exact) mass is 313 g/mol. The number of aromatic nitrogens is 2. The van der Waals surface area contributed by atoms with Crippen LogP contribution < -0.4 is 5.32 Å². The van der Waals surface area contributed by atoms with Crippen molar-refractivity contribution in [3.63, 3.8) is 0 Å². The number of rotatable bonds is 3. The van der Waals surface area contributed by atoms with E-state index in [1.807, 2.05) is 0 Å². The molecular weight excluding hydrogens is 305 g/mol. The number of amides is 1. The highest BCUT2D eigenvalue weighted by Gasteiger charge is 2.22. The predicted octanol–water partition coefficient (Wildman–Crippen LogP) is 2.68. The van der Waals surface area contributed by atoms with Crippen molar-refractivity contribution in [2.24, 2.45) is 7.05 Å². The summed E-state index contributed by atoms with van der Waals surface area (Å²) in [6.07, 6.45) is 1.17. The third kappa shape index (κ3) is 2.61. The number of carbonyl (C=O) groups is 2. The number of para-hydroxylation sites is 1. The number of nitrogens with one attached hydrogen (secondary N) is 1. The molecule has 2 rings (SSSR count). The second kappa shape index (κ2) is 5.52. The van der Waals surface area contributed by atoms with Gasteiger partial charge in [-0.25, -0.2) is 4.79 Å². The second-order valence-corrected chi connectivity index (χ2v) is 4.70. The van der Waals surface area contributed by atoms with Gasteiger partial charge in [-0.05, 0) is 12.1 Å². The van der Waals surface area contributed by atoms with Crippen LogP contribution in [0, 0.1) is 0 Å². The maximum Gasteiger partial charge on any atom is 0.354 e. The lowest BCUT2D eigenvalue weighted by Crippen LogP contribution is -2.17. The molecule has 1 amide bonds. The summed E-state index contributed by atoms with van der Waals surface area (Å²) in [5.74, 6) is -1.90. The third-order valence-corrected chi connectivity index (χ3v) is 3.22. The van der Waals surface area contributed by atoms with Gasteiger partial charge < -0.3 is 10.4 Å². The Balaban J connectivity index is 2.37. The standard InChI is InChI=1S/C12H9Cl2N3O3/c1-17-10(12(19)20)6(5-15-17)11(18)16-9-7(13)3-2-4-8(9)14/h2-5H,1H3,(H,16,18)(H,19,20). The number of aryl methyl sites for hydroxylation is 1. The number of carboxylic acids is 1. The van der Waals surface area contributed by atoms with Crippen LogP contribution in [-0.2, 0) is 7.05 Å². The van der Waals surface area contributed by atoms with E-state index in [9.17, 15) is 9.59 Å². The van der Waals surface area contributed by atoms with Gasteiger partial charge in [0.1, 0.15) is 0 Å². The molecule has 20 heavy (non-hydrogen) atoms. The second-order valence-electron chi connectivity index (χ2n) is 3.89. The van der Waals surface area contributed by atoms with Gasteiger partial charge in [0.15, 0.2) is 5.69 Å². The Morgan fingerprint density at radius 1 is 1.30 bits per heavy atom. The zero-order valence-electron chi connectivity index (χ0n) is 10.2. The number of aromatic carboxylic acids is 1. The molecule has 0 bridgehead atoms. The smallest absolute Gasteiger partial charge is 0.354 e. The number of anilines is 1. The quantitative estimate of drug-likeness (QED) is 0.912. The van der Waals surface area contributed by atoms with Crippen LogP contribution in [0.2, 0.25) is 10.0 Å². The van der Waals surface area contributed by atoms with Crippen molar-refractivity contribution >= 4 is 40.8 Å². The van der Waals surface area contributed by atoms with Crippen LogP contribution in [0.4, 0.5) is 5.69 Å². The van der Waals surface area contributed by atoms with Crippen molar-refractivity contribution in [1.29, 1.82) is 0 Å². The molecule has 0 aliphatic rings. The van der Waals surface area contributed by atoms with Crippen molar-refractivity contribution in [2.45, 2.75) is 0 Å². The highest BCUT2D eigenvalue weighted by molar-refractivity contribution is 6.40. The lowest BCUT2D eigenvalue weighted by molar-refractivity contribution is 0.0680. The van der Waals surface area contributed by atoms with E-state index in [0.29, 0.717) is 0 Å². The molecule has 0 saturated carbocycles. The number of hydrogen-bond acceptors (Lipinski definition) is 3. The van der Waals surface area contributed by atoms with Gasteiger partial charge in [-0.1, -0.05) is 29.3 Å². The number of hydrogen-bond donors (Lipinski definition) is 2. The van der Waals surface area contributed by atoms with E-state index in [2.05, 4.69) is 10.4 Å². The van der Waals surface area contributed by atoms with E-state index in [4.69, 9.17) is 28.3 Å². The molecule has 104 valence electrons. The van der Waals surface area contributed by atoms with Crippen molar-refractivity contribution in [3.8, 4) is 0 Å². The Kier molecular flexibility index (Phi) is 3.96. The van der Waals surface area contributed by atoms with Gasteiger partial charge in [-0.2, -0.15) is 5.10 Å². The van der Waals surface area contributed by atoms with Crippen molar-refractivity contribution in [2.75, 3.05) is 5.32 Å². The van der Waals surface area contributed by atoms with Crippen LogP contribution in [0.15, 0.2) is 24.4 Å². The van der Waals surface area contributed by atoms with Gasteiger partial charge >= 0.3 is 5.97 Å². The average Bonchev–Trinajstić information content (AvgIpc) is 2.76. The maximum absolute atomic E-state index is 12.1. The lowest BCUT2D eigenvalue weighted by Gasteiger charge is -2.08. The van der Waals surface area contributed by atoms with Gasteiger partial charge in [-0.3, -0.25) is 9.48 Å². The molecule has 1 aromatic carbocycles. The van der Waals surface area contributed by atoms with Crippen LogP contribution in [0.25, 0.3) is 0 Å². The molecule has 0 spiro atoms. The van der Waals surface area contributed by atoms with Gasteiger partial charge in [0.05, 0.1) is 27.5 Å². The Labute approximate surface area is 123 Å². The molecule has 0 fully saturated rings. The summed E-state index contributed by atoms with van der Waals surface area (Å²) >= 11 is 11.9. The first kappa shape index (κ1) is 14.4. The minimum Gasteiger partial charge on any atom is -0.477 e. The molecule has 2 N–H and O–H groups in total. The summed E-state index contributed by atoms with van der Waals surface area (Å²) < 4.78 is 1.10. The van der Waals surface area contributed by atoms with Crippen LogP contribution in [0.5, 0.6) is 0 Å². The fourth-order valence-electron chi connectivity index (χ4n) is 1.66. The van der Waals surface area contributed by atoms with Crippen LogP contribution in [0.3, 0.4) is 0 Å². The number of carbonyl (C=O) groups excluding carboxylic acids is 1. The summed E-state index contributed by atoms with van der Waals surface area (Å²) in [5.41, 5.74) is -0.0670. The Bertz CT molecular complexity index is 677. The molecular formula is C12H9Cl2N3O3.